The number of aromatic nitrogens is 2. The molecule has 20 heavy (non-hydrogen) atoms. The highest BCUT2D eigenvalue weighted by Crippen LogP contribution is 2.43. The van der Waals surface area contributed by atoms with E-state index in [0.717, 1.165) is 25.0 Å². The maximum Gasteiger partial charge on any atom is 0.416 e. The number of nitrogens with zero attached hydrogens (tertiary/aromatic N) is 2. The second kappa shape index (κ2) is 4.14. The van der Waals surface area contributed by atoms with Gasteiger partial charge in [0.15, 0.2) is 0 Å². The van der Waals surface area contributed by atoms with Crippen LogP contribution in [0.3, 0.4) is 0 Å². The average Bonchev–Trinajstić information content (AvgIpc) is 2.62. The van der Waals surface area contributed by atoms with Crippen molar-refractivity contribution in [1.82, 2.24) is 9.55 Å². The van der Waals surface area contributed by atoms with Gasteiger partial charge in [-0.3, -0.25) is 0 Å². The van der Waals surface area contributed by atoms with Crippen molar-refractivity contribution in [2.75, 3.05) is 5.73 Å². The Bertz CT molecular complexity index is 653. The number of nitrogen functional groups attached to an aromatic ring is 1. The van der Waals surface area contributed by atoms with Crippen LogP contribution in [0.25, 0.3) is 11.0 Å². The van der Waals surface area contributed by atoms with Crippen LogP contribution in [0, 0.1) is 5.41 Å². The van der Waals surface area contributed by atoms with Gasteiger partial charge in [0.1, 0.15) is 0 Å². The van der Waals surface area contributed by atoms with E-state index in [9.17, 15) is 13.2 Å². The Balaban J connectivity index is 2.03. The highest BCUT2D eigenvalue weighted by molar-refractivity contribution is 5.79. The molecule has 1 aromatic carbocycles. The molecule has 0 aliphatic heterocycles. The number of alkyl halides is 3. The zero-order chi connectivity index (χ0) is 14.5. The smallest absolute Gasteiger partial charge is 0.369 e. The van der Waals surface area contributed by atoms with E-state index in [4.69, 9.17) is 5.73 Å². The molecule has 108 valence electrons. The van der Waals surface area contributed by atoms with E-state index in [1.807, 2.05) is 4.57 Å². The quantitative estimate of drug-likeness (QED) is 0.910. The number of hydrogen-bond donors (Lipinski definition) is 1. The Morgan fingerprint density at radius 2 is 2.05 bits per heavy atom. The molecule has 3 rings (SSSR count). The molecule has 0 radical (unpaired) electrons. The molecule has 1 aliphatic carbocycles. The summed E-state index contributed by atoms with van der Waals surface area (Å²) in [6, 6.07) is 3.61. The first-order chi connectivity index (χ1) is 9.28. The summed E-state index contributed by atoms with van der Waals surface area (Å²) < 4.78 is 39.9. The lowest BCUT2D eigenvalue weighted by molar-refractivity contribution is -0.137. The summed E-state index contributed by atoms with van der Waals surface area (Å²) in [5, 5.41) is 0. The lowest BCUT2D eigenvalue weighted by atomic mass is 9.70. The third kappa shape index (κ3) is 2.13. The van der Waals surface area contributed by atoms with Crippen molar-refractivity contribution in [3.8, 4) is 0 Å². The van der Waals surface area contributed by atoms with Crippen LogP contribution >= 0.6 is 0 Å². The molecule has 1 heterocycles. The van der Waals surface area contributed by atoms with E-state index >= 15 is 0 Å². The Kier molecular flexibility index (Phi) is 2.74. The van der Waals surface area contributed by atoms with Crippen molar-refractivity contribution < 1.29 is 13.2 Å². The molecule has 1 aliphatic rings. The minimum Gasteiger partial charge on any atom is -0.369 e. The third-order valence-corrected chi connectivity index (χ3v) is 4.21. The molecule has 0 saturated heterocycles. The number of halogens is 3. The molecule has 0 bridgehead atoms. The SMILES string of the molecule is CC1(Cn2c(N)nc3cc(C(F)(F)F)ccc32)CCC1. The van der Waals surface area contributed by atoms with E-state index in [-0.39, 0.29) is 11.4 Å². The monoisotopic (exact) mass is 283 g/mol. The number of imidazole rings is 1. The van der Waals surface area contributed by atoms with Gasteiger partial charge in [-0.15, -0.1) is 0 Å². The van der Waals surface area contributed by atoms with Gasteiger partial charge < -0.3 is 10.3 Å². The van der Waals surface area contributed by atoms with Crippen molar-refractivity contribution in [2.45, 2.75) is 38.9 Å². The first kappa shape index (κ1) is 13.3. The van der Waals surface area contributed by atoms with Crippen LogP contribution in [0.2, 0.25) is 0 Å². The Labute approximate surface area is 114 Å². The summed E-state index contributed by atoms with van der Waals surface area (Å²) >= 11 is 0. The Morgan fingerprint density at radius 3 is 2.60 bits per heavy atom. The van der Waals surface area contributed by atoms with Crippen molar-refractivity contribution in [1.29, 1.82) is 0 Å². The Hall–Kier alpha value is -1.72. The van der Waals surface area contributed by atoms with Gasteiger partial charge in [0.25, 0.3) is 0 Å². The molecule has 2 N–H and O–H groups in total. The van der Waals surface area contributed by atoms with Crippen molar-refractivity contribution in [3.05, 3.63) is 23.8 Å². The highest BCUT2D eigenvalue weighted by Gasteiger charge is 2.34. The highest BCUT2D eigenvalue weighted by atomic mass is 19.4. The fourth-order valence-electron chi connectivity index (χ4n) is 2.81. The summed E-state index contributed by atoms with van der Waals surface area (Å²) in [7, 11) is 0. The first-order valence-electron chi connectivity index (χ1n) is 6.61. The van der Waals surface area contributed by atoms with Crippen LogP contribution in [0.15, 0.2) is 18.2 Å². The molecule has 6 heteroatoms. The lowest BCUT2D eigenvalue weighted by Crippen LogP contribution is -2.31. The van der Waals surface area contributed by atoms with E-state index in [0.29, 0.717) is 17.6 Å². The molecule has 3 nitrogen and oxygen atoms in total. The summed E-state index contributed by atoms with van der Waals surface area (Å²) in [6.45, 7) is 2.88. The molecule has 0 unspecified atom stereocenters. The minimum atomic E-state index is -4.35. The number of hydrogen-bond acceptors (Lipinski definition) is 2. The normalized spacial score (nSPS) is 18.2. The number of nitrogens with two attached hydrogens (primary N) is 1. The fraction of sp³-hybridized carbons (Fsp3) is 0.500. The average molecular weight is 283 g/mol. The number of anilines is 1. The minimum absolute atomic E-state index is 0.185. The molecule has 0 amide bonds. The van der Waals surface area contributed by atoms with Crippen LogP contribution < -0.4 is 5.73 Å². The topological polar surface area (TPSA) is 43.8 Å². The second-order valence-electron chi connectivity index (χ2n) is 5.92. The van der Waals surface area contributed by atoms with Gasteiger partial charge in [0.2, 0.25) is 5.95 Å². The van der Waals surface area contributed by atoms with Gasteiger partial charge in [0, 0.05) is 6.54 Å². The van der Waals surface area contributed by atoms with E-state index in [2.05, 4.69) is 11.9 Å². The second-order valence-corrected chi connectivity index (χ2v) is 5.92. The van der Waals surface area contributed by atoms with Crippen LogP contribution in [0.1, 0.15) is 31.7 Å². The van der Waals surface area contributed by atoms with Gasteiger partial charge >= 0.3 is 6.18 Å². The zero-order valence-corrected chi connectivity index (χ0v) is 11.2. The molecule has 0 atom stereocenters. The maximum absolute atomic E-state index is 12.7. The fourth-order valence-corrected chi connectivity index (χ4v) is 2.81. The third-order valence-electron chi connectivity index (χ3n) is 4.21. The number of rotatable bonds is 2. The van der Waals surface area contributed by atoms with E-state index in [1.54, 1.807) is 0 Å². The predicted molar refractivity (Wildman–Crippen MR) is 71.1 cm³/mol. The lowest BCUT2D eigenvalue weighted by Gasteiger charge is -2.38. The number of benzene rings is 1. The first-order valence-corrected chi connectivity index (χ1v) is 6.61. The predicted octanol–water partition coefficient (Wildman–Crippen LogP) is 3.83. The van der Waals surface area contributed by atoms with Gasteiger partial charge in [-0.25, -0.2) is 4.98 Å². The van der Waals surface area contributed by atoms with E-state index < -0.39 is 11.7 Å². The van der Waals surface area contributed by atoms with Gasteiger partial charge in [0.05, 0.1) is 16.6 Å². The number of fused-ring (bicyclic) bond motifs is 1. The Morgan fingerprint density at radius 1 is 1.35 bits per heavy atom. The molecule has 2 aromatic rings. The summed E-state index contributed by atoms with van der Waals surface area (Å²) in [5.74, 6) is 0.285. The van der Waals surface area contributed by atoms with Crippen LogP contribution in [-0.2, 0) is 12.7 Å². The van der Waals surface area contributed by atoms with Crippen molar-refractivity contribution in [2.24, 2.45) is 5.41 Å². The van der Waals surface area contributed by atoms with Gasteiger partial charge in [-0.05, 0) is 36.5 Å². The zero-order valence-electron chi connectivity index (χ0n) is 11.2. The largest absolute Gasteiger partial charge is 0.416 e. The molecule has 1 aromatic heterocycles. The van der Waals surface area contributed by atoms with Crippen LogP contribution in [0.5, 0.6) is 0 Å². The molecule has 1 fully saturated rings. The van der Waals surface area contributed by atoms with Crippen LogP contribution in [0.4, 0.5) is 19.1 Å². The maximum atomic E-state index is 12.7. The van der Waals surface area contributed by atoms with E-state index in [1.165, 1.54) is 12.5 Å². The summed E-state index contributed by atoms with van der Waals surface area (Å²) in [4.78, 5) is 4.07. The molecular weight excluding hydrogens is 267 g/mol. The standard InChI is InChI=1S/C14H16F3N3/c1-13(5-2-6-13)8-20-11-4-3-9(14(15,16)17)7-10(11)19-12(20)18/h3-4,7H,2,5-6,8H2,1H3,(H2,18,19). The molecule has 1 saturated carbocycles. The summed E-state index contributed by atoms with van der Waals surface area (Å²) in [5.41, 5.74) is 6.34. The molecular formula is C14H16F3N3. The van der Waals surface area contributed by atoms with Gasteiger partial charge in [-0.1, -0.05) is 13.3 Å². The van der Waals surface area contributed by atoms with Crippen molar-refractivity contribution >= 4 is 17.0 Å². The van der Waals surface area contributed by atoms with Crippen LogP contribution in [-0.4, -0.2) is 9.55 Å². The summed E-state index contributed by atoms with van der Waals surface area (Å²) in [6.07, 6.45) is -0.923. The van der Waals surface area contributed by atoms with Gasteiger partial charge in [-0.2, -0.15) is 13.2 Å². The van der Waals surface area contributed by atoms with Crippen molar-refractivity contribution in [3.63, 3.8) is 0 Å². The molecule has 0 spiro atoms.